The first-order valence-corrected chi connectivity index (χ1v) is 4.75. The van der Waals surface area contributed by atoms with E-state index in [2.05, 4.69) is 9.97 Å². The lowest BCUT2D eigenvalue weighted by Gasteiger charge is -2.38. The van der Waals surface area contributed by atoms with Crippen molar-refractivity contribution in [3.63, 3.8) is 0 Å². The van der Waals surface area contributed by atoms with Gasteiger partial charge in [-0.15, -0.1) is 0 Å². The second-order valence-electron chi connectivity index (χ2n) is 3.59. The number of aromatic nitrogens is 2. The summed E-state index contributed by atoms with van der Waals surface area (Å²) in [4.78, 5) is 8.82. The van der Waals surface area contributed by atoms with Crippen LogP contribution in [-0.2, 0) is 10.5 Å². The van der Waals surface area contributed by atoms with Gasteiger partial charge in [-0.3, -0.25) is 4.90 Å². The number of imidazole rings is 1. The van der Waals surface area contributed by atoms with E-state index in [4.69, 9.17) is 4.74 Å². The van der Waals surface area contributed by atoms with E-state index in [1.807, 2.05) is 4.90 Å². The monoisotopic (exact) mass is 197 g/mol. The van der Waals surface area contributed by atoms with Crippen LogP contribution >= 0.6 is 0 Å². The van der Waals surface area contributed by atoms with E-state index in [1.54, 1.807) is 19.4 Å². The Morgan fingerprint density at radius 1 is 1.57 bits per heavy atom. The van der Waals surface area contributed by atoms with Crippen molar-refractivity contribution in [3.05, 3.63) is 18.2 Å². The molecule has 1 aliphatic rings. The van der Waals surface area contributed by atoms with Crippen LogP contribution in [0, 0.1) is 0 Å². The van der Waals surface area contributed by atoms with Crippen LogP contribution < -0.4 is 0 Å². The molecule has 1 saturated heterocycles. The Morgan fingerprint density at radius 3 is 2.86 bits per heavy atom. The zero-order valence-electron chi connectivity index (χ0n) is 8.23. The highest BCUT2D eigenvalue weighted by Crippen LogP contribution is 2.23. The number of nitrogens with zero attached hydrogens (tertiary/aromatic N) is 2. The summed E-state index contributed by atoms with van der Waals surface area (Å²) < 4.78 is 5.23. The second-order valence-corrected chi connectivity index (χ2v) is 3.59. The molecule has 0 amide bonds. The molecule has 0 aliphatic carbocycles. The fourth-order valence-corrected chi connectivity index (χ4v) is 1.68. The van der Waals surface area contributed by atoms with Gasteiger partial charge in [0.15, 0.2) is 5.72 Å². The standard InChI is InChI=1S/C9H15N3O2/c1-9(13,8-6-10-7-11-8)12-2-4-14-5-3-12/h6-7,13H,2-5H2,1H3,(H,10,11). The number of ether oxygens (including phenoxy) is 1. The summed E-state index contributed by atoms with van der Waals surface area (Å²) in [5.74, 6) is 0. The molecule has 0 radical (unpaired) electrons. The molecule has 2 N–H and O–H groups in total. The van der Waals surface area contributed by atoms with Crippen LogP contribution in [0.2, 0.25) is 0 Å². The van der Waals surface area contributed by atoms with Gasteiger partial charge >= 0.3 is 0 Å². The zero-order valence-corrected chi connectivity index (χ0v) is 8.23. The van der Waals surface area contributed by atoms with E-state index in [1.165, 1.54) is 0 Å². The summed E-state index contributed by atoms with van der Waals surface area (Å²) in [5, 5.41) is 10.3. The molecule has 0 bridgehead atoms. The third-order valence-corrected chi connectivity index (χ3v) is 2.64. The van der Waals surface area contributed by atoms with Gasteiger partial charge in [0.1, 0.15) is 0 Å². The minimum absolute atomic E-state index is 0.671. The molecule has 5 heteroatoms. The number of nitrogens with one attached hydrogen (secondary N) is 1. The van der Waals surface area contributed by atoms with Crippen LogP contribution in [0.3, 0.4) is 0 Å². The summed E-state index contributed by atoms with van der Waals surface area (Å²) >= 11 is 0. The molecule has 14 heavy (non-hydrogen) atoms. The van der Waals surface area contributed by atoms with Crippen LogP contribution in [0.5, 0.6) is 0 Å². The largest absolute Gasteiger partial charge is 0.379 e. The Labute approximate surface area is 82.7 Å². The van der Waals surface area contributed by atoms with E-state index in [-0.39, 0.29) is 0 Å². The molecule has 5 nitrogen and oxygen atoms in total. The zero-order chi connectivity index (χ0) is 10.0. The van der Waals surface area contributed by atoms with Crippen molar-refractivity contribution < 1.29 is 9.84 Å². The normalized spacial score (nSPS) is 23.3. The molecule has 1 fully saturated rings. The smallest absolute Gasteiger partial charge is 0.158 e. The average molecular weight is 197 g/mol. The second kappa shape index (κ2) is 3.68. The molecule has 78 valence electrons. The van der Waals surface area contributed by atoms with Crippen molar-refractivity contribution >= 4 is 0 Å². The van der Waals surface area contributed by atoms with Crippen LogP contribution in [0.15, 0.2) is 12.5 Å². The molecule has 2 rings (SSSR count). The SMILES string of the molecule is CC(O)(c1cnc[nH]1)N1CCOCC1. The third-order valence-electron chi connectivity index (χ3n) is 2.64. The number of H-pyrrole nitrogens is 1. The summed E-state index contributed by atoms with van der Waals surface area (Å²) in [5.41, 5.74) is -0.250. The van der Waals surface area contributed by atoms with Crippen molar-refractivity contribution in [1.82, 2.24) is 14.9 Å². The van der Waals surface area contributed by atoms with Crippen LogP contribution in [0.4, 0.5) is 0 Å². The van der Waals surface area contributed by atoms with E-state index < -0.39 is 5.72 Å². The molecule has 0 aromatic carbocycles. The average Bonchev–Trinajstić information content (AvgIpc) is 2.72. The number of hydrogen-bond acceptors (Lipinski definition) is 4. The van der Waals surface area contributed by atoms with E-state index in [0.29, 0.717) is 13.2 Å². The van der Waals surface area contributed by atoms with Gasteiger partial charge in [0, 0.05) is 13.1 Å². The summed E-state index contributed by atoms with van der Waals surface area (Å²) in [7, 11) is 0. The van der Waals surface area contributed by atoms with Gasteiger partial charge in [0.05, 0.1) is 31.4 Å². The van der Waals surface area contributed by atoms with Gasteiger partial charge in [-0.25, -0.2) is 4.98 Å². The summed E-state index contributed by atoms with van der Waals surface area (Å²) in [6.45, 7) is 4.60. The summed E-state index contributed by atoms with van der Waals surface area (Å²) in [6.07, 6.45) is 3.22. The topological polar surface area (TPSA) is 61.4 Å². The molecule has 0 saturated carbocycles. The van der Waals surface area contributed by atoms with E-state index in [0.717, 1.165) is 18.8 Å². The molecule has 0 spiro atoms. The molecular formula is C9H15N3O2. The Hall–Kier alpha value is -0.910. The highest BCUT2D eigenvalue weighted by atomic mass is 16.5. The molecular weight excluding hydrogens is 182 g/mol. The maximum absolute atomic E-state index is 10.3. The first-order chi connectivity index (χ1) is 6.71. The maximum atomic E-state index is 10.3. The maximum Gasteiger partial charge on any atom is 0.158 e. The Balaban J connectivity index is 2.14. The predicted molar refractivity (Wildman–Crippen MR) is 50.6 cm³/mol. The Kier molecular flexibility index (Phi) is 2.54. The Morgan fingerprint density at radius 2 is 2.29 bits per heavy atom. The van der Waals surface area contributed by atoms with E-state index >= 15 is 0 Å². The van der Waals surface area contributed by atoms with Crippen LogP contribution in [0.25, 0.3) is 0 Å². The molecule has 1 atom stereocenters. The van der Waals surface area contributed by atoms with Crippen molar-refractivity contribution in [3.8, 4) is 0 Å². The molecule has 1 aliphatic heterocycles. The van der Waals surface area contributed by atoms with Gasteiger partial charge in [-0.05, 0) is 6.92 Å². The van der Waals surface area contributed by atoms with Crippen LogP contribution in [0.1, 0.15) is 12.6 Å². The van der Waals surface area contributed by atoms with Gasteiger partial charge in [0.25, 0.3) is 0 Å². The first kappa shape index (κ1) is 9.64. The molecule has 2 heterocycles. The number of aliphatic hydroxyl groups is 1. The minimum atomic E-state index is -0.972. The number of hydrogen-bond donors (Lipinski definition) is 2. The third kappa shape index (κ3) is 1.66. The molecule has 1 aromatic rings. The quantitative estimate of drug-likeness (QED) is 0.695. The minimum Gasteiger partial charge on any atom is -0.379 e. The number of rotatable bonds is 2. The molecule has 1 aromatic heterocycles. The number of morpholine rings is 1. The van der Waals surface area contributed by atoms with Crippen molar-refractivity contribution in [1.29, 1.82) is 0 Å². The molecule has 1 unspecified atom stereocenters. The fourth-order valence-electron chi connectivity index (χ4n) is 1.68. The lowest BCUT2D eigenvalue weighted by molar-refractivity contribution is -0.137. The van der Waals surface area contributed by atoms with Crippen molar-refractivity contribution in [2.75, 3.05) is 26.3 Å². The van der Waals surface area contributed by atoms with Crippen molar-refractivity contribution in [2.45, 2.75) is 12.6 Å². The van der Waals surface area contributed by atoms with E-state index in [9.17, 15) is 5.11 Å². The predicted octanol–water partition coefficient (Wildman–Crippen LogP) is -0.0931. The van der Waals surface area contributed by atoms with Gasteiger partial charge in [0.2, 0.25) is 0 Å². The lowest BCUT2D eigenvalue weighted by atomic mass is 10.1. The highest BCUT2D eigenvalue weighted by Gasteiger charge is 2.33. The first-order valence-electron chi connectivity index (χ1n) is 4.75. The lowest BCUT2D eigenvalue weighted by Crippen LogP contribution is -2.49. The number of aromatic amines is 1. The van der Waals surface area contributed by atoms with Gasteiger partial charge < -0.3 is 14.8 Å². The van der Waals surface area contributed by atoms with Crippen LogP contribution in [-0.4, -0.2) is 46.3 Å². The summed E-state index contributed by atoms with van der Waals surface area (Å²) in [6, 6.07) is 0. The van der Waals surface area contributed by atoms with Crippen molar-refractivity contribution in [2.24, 2.45) is 0 Å². The fraction of sp³-hybridized carbons (Fsp3) is 0.667. The Bertz CT molecular complexity index is 278. The van der Waals surface area contributed by atoms with Gasteiger partial charge in [-0.2, -0.15) is 0 Å². The van der Waals surface area contributed by atoms with Gasteiger partial charge in [-0.1, -0.05) is 0 Å². The highest BCUT2D eigenvalue weighted by molar-refractivity contribution is 5.05.